The molecule has 0 spiro atoms. The molecule has 0 aromatic heterocycles. The zero-order valence-corrected chi connectivity index (χ0v) is 14.0. The third kappa shape index (κ3) is 1.50. The standard InChI is InChI=1S/C12H16I2NO2/c1-12(17-11(16)9(13)10-14-15-10)7-4-8(12)6-3-2-5(6)7/h5-10,15H,2-4H2,1H3/q-1. The number of carbonyl (C=O) groups is 1. The molecule has 1 heterocycles. The maximum absolute atomic E-state index is 12.1. The Morgan fingerprint density at radius 3 is 2.53 bits per heavy atom. The number of ether oxygens (including phenoxy) is 1. The van der Waals surface area contributed by atoms with E-state index in [1.165, 1.54) is 19.3 Å². The van der Waals surface area contributed by atoms with E-state index < -0.39 is 0 Å². The van der Waals surface area contributed by atoms with E-state index in [-0.39, 0.29) is 37.0 Å². The van der Waals surface area contributed by atoms with Gasteiger partial charge in [-0.15, -0.1) is 0 Å². The van der Waals surface area contributed by atoms with Crippen LogP contribution in [0.25, 0.3) is 0 Å². The molecular weight excluding hydrogens is 444 g/mol. The van der Waals surface area contributed by atoms with Gasteiger partial charge in [0, 0.05) is 0 Å². The van der Waals surface area contributed by atoms with Gasteiger partial charge in [-0.05, 0) is 0 Å². The molecule has 4 rings (SSSR count). The van der Waals surface area contributed by atoms with Crippen molar-refractivity contribution in [2.75, 3.05) is 0 Å². The summed E-state index contributed by atoms with van der Waals surface area (Å²) in [5, 5.41) is 0. The van der Waals surface area contributed by atoms with Gasteiger partial charge in [0.05, 0.1) is 0 Å². The van der Waals surface area contributed by atoms with Gasteiger partial charge in [-0.25, -0.2) is 0 Å². The van der Waals surface area contributed by atoms with E-state index in [1.54, 1.807) is 0 Å². The predicted octanol–water partition coefficient (Wildman–Crippen LogP) is -1.30. The van der Waals surface area contributed by atoms with Crippen molar-refractivity contribution in [2.45, 2.75) is 39.8 Å². The van der Waals surface area contributed by atoms with E-state index in [4.69, 9.17) is 4.74 Å². The summed E-state index contributed by atoms with van der Waals surface area (Å²) in [5.74, 6) is 3.17. The molecule has 96 valence electrons. The van der Waals surface area contributed by atoms with Crippen LogP contribution in [0.5, 0.6) is 0 Å². The molecule has 3 saturated carbocycles. The molecule has 1 aliphatic heterocycles. The van der Waals surface area contributed by atoms with E-state index in [0.29, 0.717) is 15.9 Å². The summed E-state index contributed by atoms with van der Waals surface area (Å²) in [6, 6.07) is 0. The second-order valence-electron chi connectivity index (χ2n) is 5.98. The zero-order valence-electron chi connectivity index (χ0n) is 9.66. The molecule has 3 aliphatic carbocycles. The summed E-state index contributed by atoms with van der Waals surface area (Å²) in [5.41, 5.74) is -0.0977. The Balaban J connectivity index is 1.47. The van der Waals surface area contributed by atoms with E-state index in [9.17, 15) is 4.79 Å². The molecule has 0 aromatic rings. The van der Waals surface area contributed by atoms with Crippen molar-refractivity contribution in [3.63, 3.8) is 0 Å². The first-order valence-corrected chi connectivity index (χ1v) is 9.93. The van der Waals surface area contributed by atoms with E-state index in [2.05, 4.69) is 33.0 Å². The van der Waals surface area contributed by atoms with Crippen molar-refractivity contribution in [3.8, 4) is 0 Å². The van der Waals surface area contributed by atoms with Crippen LogP contribution in [0.15, 0.2) is 0 Å². The van der Waals surface area contributed by atoms with Crippen molar-refractivity contribution < 1.29 is 31.0 Å². The van der Waals surface area contributed by atoms with Gasteiger partial charge >= 0.3 is 127 Å². The zero-order chi connectivity index (χ0) is 11.8. The van der Waals surface area contributed by atoms with Gasteiger partial charge in [-0.1, -0.05) is 0 Å². The third-order valence-electron chi connectivity index (χ3n) is 5.43. The monoisotopic (exact) mass is 460 g/mol. The van der Waals surface area contributed by atoms with Crippen molar-refractivity contribution in [1.82, 2.24) is 3.53 Å². The van der Waals surface area contributed by atoms with Gasteiger partial charge in [0.25, 0.3) is 0 Å². The normalized spacial score (nSPS) is 55.8. The van der Waals surface area contributed by atoms with Gasteiger partial charge in [-0.2, -0.15) is 0 Å². The Hall–Kier alpha value is 0.890. The Bertz CT molecular complexity index is 369. The van der Waals surface area contributed by atoms with E-state index in [1.807, 2.05) is 0 Å². The molecule has 4 fully saturated rings. The second kappa shape index (κ2) is 3.71. The molecule has 0 amide bonds. The third-order valence-corrected chi connectivity index (χ3v) is 10.1. The fourth-order valence-corrected chi connectivity index (χ4v) is 7.38. The van der Waals surface area contributed by atoms with Crippen LogP contribution in [0, 0.1) is 23.7 Å². The molecule has 6 unspecified atom stereocenters. The molecule has 17 heavy (non-hydrogen) atoms. The summed E-state index contributed by atoms with van der Waals surface area (Å²) < 4.78 is 9.77. The van der Waals surface area contributed by atoms with Crippen molar-refractivity contribution in [1.29, 1.82) is 0 Å². The maximum atomic E-state index is 12.1. The summed E-state index contributed by atoms with van der Waals surface area (Å²) in [6.45, 7) is 2.20. The van der Waals surface area contributed by atoms with Crippen LogP contribution in [-0.2, 0) is 9.53 Å². The molecule has 0 aromatic carbocycles. The Kier molecular flexibility index (Phi) is 2.55. The Labute approximate surface area is 126 Å². The number of halogens is 2. The van der Waals surface area contributed by atoms with Crippen LogP contribution in [-0.4, -0.2) is 19.5 Å². The van der Waals surface area contributed by atoms with Gasteiger partial charge in [0.2, 0.25) is 0 Å². The Morgan fingerprint density at radius 2 is 2.06 bits per heavy atom. The van der Waals surface area contributed by atoms with Crippen LogP contribution in [0.2, 0.25) is 0 Å². The van der Waals surface area contributed by atoms with Crippen LogP contribution < -0.4 is 25.0 Å². The summed E-state index contributed by atoms with van der Waals surface area (Å²) in [6.07, 6.45) is 4.07. The molecule has 2 bridgehead atoms. The van der Waals surface area contributed by atoms with E-state index >= 15 is 0 Å². The molecular formula is C12H16I2NO2-. The molecule has 1 saturated heterocycles. The topological polar surface area (TPSA) is 48.2 Å². The number of rotatable bonds is 3. The molecule has 3 nitrogen and oxygen atoms in total. The van der Waals surface area contributed by atoms with Gasteiger partial charge < -0.3 is 0 Å². The predicted molar refractivity (Wildman–Crippen MR) is 67.0 cm³/mol. The first-order chi connectivity index (χ1) is 8.11. The van der Waals surface area contributed by atoms with Crippen molar-refractivity contribution in [2.24, 2.45) is 23.7 Å². The SMILES string of the molecule is CC1(OC(=O)C(I)C2N[I-]2)C2CC1C1CCC12. The molecule has 4 aliphatic rings. The average molecular weight is 460 g/mol. The number of hydrogen-bond donors (Lipinski definition) is 1. The number of esters is 1. The Morgan fingerprint density at radius 1 is 1.47 bits per heavy atom. The molecule has 1 N–H and O–H groups in total. The summed E-state index contributed by atoms with van der Waals surface area (Å²) in [4.78, 5) is 12.1. The number of fused-ring (bicyclic) bond motifs is 5. The first kappa shape index (κ1) is 11.7. The fraction of sp³-hybridized carbons (Fsp3) is 0.917. The minimum absolute atomic E-state index is 0.0406. The first-order valence-electron chi connectivity index (χ1n) is 6.36. The van der Waals surface area contributed by atoms with Gasteiger partial charge in [-0.3, -0.25) is 0 Å². The molecule has 0 radical (unpaired) electrons. The summed E-state index contributed by atoms with van der Waals surface area (Å²) in [7, 11) is 0. The van der Waals surface area contributed by atoms with E-state index in [0.717, 1.165) is 11.8 Å². The van der Waals surface area contributed by atoms with Crippen molar-refractivity contribution >= 4 is 28.6 Å². The van der Waals surface area contributed by atoms with Crippen LogP contribution >= 0.6 is 22.6 Å². The van der Waals surface area contributed by atoms with Gasteiger partial charge in [0.15, 0.2) is 0 Å². The molecule has 5 heteroatoms. The fourth-order valence-electron chi connectivity index (χ4n) is 4.30. The van der Waals surface area contributed by atoms with Crippen LogP contribution in [0.3, 0.4) is 0 Å². The minimum atomic E-state index is -0.0977. The number of hydrogen-bond acceptors (Lipinski definition) is 3. The number of alkyl halides is 2. The summed E-state index contributed by atoms with van der Waals surface area (Å²) >= 11 is 2.35. The number of nitrogens with one attached hydrogen (secondary N) is 1. The van der Waals surface area contributed by atoms with Crippen LogP contribution in [0.4, 0.5) is 0 Å². The quantitative estimate of drug-likeness (QED) is 0.142. The van der Waals surface area contributed by atoms with Gasteiger partial charge in [0.1, 0.15) is 0 Å². The second-order valence-corrected chi connectivity index (χ2v) is 9.91. The van der Waals surface area contributed by atoms with Crippen LogP contribution in [0.1, 0.15) is 26.2 Å². The average Bonchev–Trinajstić information content (AvgIpc) is 3.03. The molecule has 6 atom stereocenters. The van der Waals surface area contributed by atoms with Crippen molar-refractivity contribution in [3.05, 3.63) is 0 Å². The number of carbonyl (C=O) groups excluding carboxylic acids is 1.